The van der Waals surface area contributed by atoms with Crippen molar-refractivity contribution in [3.63, 3.8) is 0 Å². The maximum atomic E-state index is 12.5. The van der Waals surface area contributed by atoms with Crippen LogP contribution in [0.25, 0.3) is 5.78 Å². The molecule has 1 aromatic carbocycles. The Kier molecular flexibility index (Phi) is 2.92. The zero-order valence-electron chi connectivity index (χ0n) is 12.1. The Hall–Kier alpha value is -3.56. The molecule has 10 heteroatoms. The number of nitrogens with zero attached hydrogens (tertiary/aromatic N) is 4. The molecule has 120 valence electrons. The molecule has 0 aliphatic carbocycles. The maximum absolute atomic E-state index is 12.5. The van der Waals surface area contributed by atoms with Gasteiger partial charge in [0.2, 0.25) is 11.7 Å². The van der Waals surface area contributed by atoms with Crippen molar-refractivity contribution >= 4 is 23.2 Å². The van der Waals surface area contributed by atoms with Gasteiger partial charge in [0.05, 0.1) is 10.5 Å². The lowest BCUT2D eigenvalue weighted by atomic mass is 9.86. The van der Waals surface area contributed by atoms with Crippen LogP contribution in [-0.4, -0.2) is 30.4 Å². The molecule has 3 heterocycles. The first-order chi connectivity index (χ1) is 11.5. The summed E-state index contributed by atoms with van der Waals surface area (Å²) in [6, 6.07) is 5.92. The van der Waals surface area contributed by atoms with Crippen molar-refractivity contribution in [2.45, 2.75) is 12.3 Å². The SMILES string of the molecule is O=C1C[C@H](c2cccc([N+](=O)[O-])c2)c2c(n3ncnc3[nH]c2=O)N1. The number of aromatic nitrogens is 4. The van der Waals surface area contributed by atoms with E-state index in [0.29, 0.717) is 11.1 Å². The van der Waals surface area contributed by atoms with E-state index >= 15 is 0 Å². The molecule has 0 radical (unpaired) electrons. The smallest absolute Gasteiger partial charge is 0.269 e. The van der Waals surface area contributed by atoms with E-state index < -0.39 is 16.4 Å². The summed E-state index contributed by atoms with van der Waals surface area (Å²) in [6.07, 6.45) is 1.27. The van der Waals surface area contributed by atoms with E-state index in [2.05, 4.69) is 20.4 Å². The topological polar surface area (TPSA) is 135 Å². The highest BCUT2D eigenvalue weighted by Crippen LogP contribution is 2.35. The van der Waals surface area contributed by atoms with Crippen molar-refractivity contribution in [1.82, 2.24) is 19.6 Å². The van der Waals surface area contributed by atoms with Gasteiger partial charge in [-0.15, -0.1) is 0 Å². The van der Waals surface area contributed by atoms with Gasteiger partial charge in [-0.1, -0.05) is 12.1 Å². The minimum absolute atomic E-state index is 0.0114. The zero-order chi connectivity index (χ0) is 16.8. The summed E-state index contributed by atoms with van der Waals surface area (Å²) >= 11 is 0. The van der Waals surface area contributed by atoms with Crippen LogP contribution >= 0.6 is 0 Å². The van der Waals surface area contributed by atoms with E-state index in [4.69, 9.17) is 0 Å². The van der Waals surface area contributed by atoms with Crippen molar-refractivity contribution < 1.29 is 9.72 Å². The second kappa shape index (κ2) is 4.98. The molecule has 0 fully saturated rings. The number of benzene rings is 1. The van der Waals surface area contributed by atoms with Gasteiger partial charge < -0.3 is 5.32 Å². The molecule has 1 aliphatic rings. The van der Waals surface area contributed by atoms with Gasteiger partial charge in [-0.25, -0.2) is 0 Å². The molecule has 0 unspecified atom stereocenters. The average Bonchev–Trinajstić information content (AvgIpc) is 3.02. The van der Waals surface area contributed by atoms with Crippen molar-refractivity contribution in [1.29, 1.82) is 0 Å². The minimum Gasteiger partial charge on any atom is -0.310 e. The number of nitro groups is 1. The molecule has 0 bridgehead atoms. The number of anilines is 1. The fraction of sp³-hybridized carbons (Fsp3) is 0.143. The summed E-state index contributed by atoms with van der Waals surface area (Å²) in [5.41, 5.74) is 0.304. The van der Waals surface area contributed by atoms with E-state index in [-0.39, 0.29) is 29.6 Å². The highest BCUT2D eigenvalue weighted by atomic mass is 16.6. The molecule has 1 atom stereocenters. The quantitative estimate of drug-likeness (QED) is 0.528. The Morgan fingerprint density at radius 1 is 1.33 bits per heavy atom. The zero-order valence-corrected chi connectivity index (χ0v) is 12.1. The molecule has 0 spiro atoms. The summed E-state index contributed by atoms with van der Waals surface area (Å²) in [5.74, 6) is -0.467. The van der Waals surface area contributed by atoms with Gasteiger partial charge in [0.1, 0.15) is 12.1 Å². The third kappa shape index (κ3) is 2.04. The number of nitro benzene ring substituents is 1. The second-order valence-corrected chi connectivity index (χ2v) is 5.37. The summed E-state index contributed by atoms with van der Waals surface area (Å²) < 4.78 is 1.33. The molecule has 0 saturated heterocycles. The van der Waals surface area contributed by atoms with E-state index in [1.165, 1.54) is 29.0 Å². The van der Waals surface area contributed by atoms with E-state index in [0.717, 1.165) is 0 Å². The van der Waals surface area contributed by atoms with Crippen molar-refractivity contribution in [2.75, 3.05) is 5.32 Å². The standard InChI is InChI=1S/C14H10N6O4/c21-10-5-9(7-2-1-3-8(4-7)20(23)24)11-12(17-10)19-14(15-6-16-19)18-13(11)22/h1-4,6,9H,5H2,(H,17,21)(H,15,16,18,22)/t9-/m1/s1. The lowest BCUT2D eigenvalue weighted by Crippen LogP contribution is -2.32. The van der Waals surface area contributed by atoms with Crippen LogP contribution in [0, 0.1) is 10.1 Å². The molecule has 3 aromatic rings. The third-order valence-electron chi connectivity index (χ3n) is 3.96. The fourth-order valence-corrected chi connectivity index (χ4v) is 2.93. The normalized spacial score (nSPS) is 16.7. The number of amides is 1. The summed E-state index contributed by atoms with van der Waals surface area (Å²) in [5, 5.41) is 17.6. The molecular formula is C14H10N6O4. The fourth-order valence-electron chi connectivity index (χ4n) is 2.93. The minimum atomic E-state index is -0.606. The highest BCUT2D eigenvalue weighted by molar-refractivity contribution is 5.94. The van der Waals surface area contributed by atoms with Gasteiger partial charge in [-0.3, -0.25) is 24.7 Å². The first kappa shape index (κ1) is 14.1. The number of nitrogens with one attached hydrogen (secondary N) is 2. The van der Waals surface area contributed by atoms with Crippen LogP contribution in [0.3, 0.4) is 0 Å². The number of hydrogen-bond acceptors (Lipinski definition) is 6. The first-order valence-electron chi connectivity index (χ1n) is 7.04. The van der Waals surface area contributed by atoms with Gasteiger partial charge in [0.25, 0.3) is 11.2 Å². The van der Waals surface area contributed by atoms with Crippen LogP contribution in [-0.2, 0) is 4.79 Å². The summed E-state index contributed by atoms with van der Waals surface area (Å²) in [6.45, 7) is 0. The molecule has 1 aliphatic heterocycles. The Balaban J connectivity index is 1.96. The highest BCUT2D eigenvalue weighted by Gasteiger charge is 2.32. The molecule has 0 saturated carbocycles. The maximum Gasteiger partial charge on any atom is 0.269 e. The Labute approximate surface area is 133 Å². The lowest BCUT2D eigenvalue weighted by molar-refractivity contribution is -0.384. The van der Waals surface area contributed by atoms with Gasteiger partial charge in [-0.2, -0.15) is 14.6 Å². The lowest BCUT2D eigenvalue weighted by Gasteiger charge is -2.24. The van der Waals surface area contributed by atoms with Gasteiger partial charge in [0, 0.05) is 24.5 Å². The molecule has 2 aromatic heterocycles. The molecule has 2 N–H and O–H groups in total. The van der Waals surface area contributed by atoms with E-state index in [9.17, 15) is 19.7 Å². The largest absolute Gasteiger partial charge is 0.310 e. The van der Waals surface area contributed by atoms with Crippen molar-refractivity contribution in [2.24, 2.45) is 0 Å². The molecule has 24 heavy (non-hydrogen) atoms. The van der Waals surface area contributed by atoms with Crippen LogP contribution in [0.5, 0.6) is 0 Å². The number of non-ortho nitro benzene ring substituents is 1. The third-order valence-corrected chi connectivity index (χ3v) is 3.96. The van der Waals surface area contributed by atoms with Crippen LogP contribution in [0.1, 0.15) is 23.5 Å². The number of carbonyl (C=O) groups is 1. The first-order valence-corrected chi connectivity index (χ1v) is 7.04. The average molecular weight is 326 g/mol. The predicted molar refractivity (Wildman–Crippen MR) is 81.8 cm³/mol. The van der Waals surface area contributed by atoms with Crippen molar-refractivity contribution in [3.05, 3.63) is 62.2 Å². The Bertz CT molecular complexity index is 1050. The molecule has 1 amide bonds. The number of fused-ring (bicyclic) bond motifs is 3. The van der Waals surface area contributed by atoms with Crippen molar-refractivity contribution in [3.8, 4) is 0 Å². The molecular weight excluding hydrogens is 316 g/mol. The summed E-state index contributed by atoms with van der Waals surface area (Å²) in [7, 11) is 0. The number of carbonyl (C=O) groups excluding carboxylic acids is 1. The monoisotopic (exact) mass is 326 g/mol. The summed E-state index contributed by atoms with van der Waals surface area (Å²) in [4.78, 5) is 41.5. The van der Waals surface area contributed by atoms with Gasteiger partial charge in [-0.05, 0) is 5.56 Å². The van der Waals surface area contributed by atoms with Gasteiger partial charge >= 0.3 is 0 Å². The Morgan fingerprint density at radius 3 is 2.96 bits per heavy atom. The van der Waals surface area contributed by atoms with Crippen LogP contribution in [0.2, 0.25) is 0 Å². The number of aromatic amines is 1. The van der Waals surface area contributed by atoms with Crippen LogP contribution in [0.4, 0.5) is 11.5 Å². The number of rotatable bonds is 2. The van der Waals surface area contributed by atoms with Gasteiger partial charge in [0.15, 0.2) is 0 Å². The molecule has 4 rings (SSSR count). The van der Waals surface area contributed by atoms with E-state index in [1.807, 2.05) is 0 Å². The second-order valence-electron chi connectivity index (χ2n) is 5.37. The van der Waals surface area contributed by atoms with Crippen LogP contribution < -0.4 is 10.9 Å². The van der Waals surface area contributed by atoms with Crippen LogP contribution in [0.15, 0.2) is 35.4 Å². The number of H-pyrrole nitrogens is 1. The number of hydrogen-bond donors (Lipinski definition) is 2. The molecule has 10 nitrogen and oxygen atoms in total. The Morgan fingerprint density at radius 2 is 2.17 bits per heavy atom. The van der Waals surface area contributed by atoms with E-state index in [1.54, 1.807) is 6.07 Å². The predicted octanol–water partition coefficient (Wildman–Crippen LogP) is 0.800.